The minimum absolute atomic E-state index is 0.0819. The molecule has 2 heterocycles. The Morgan fingerprint density at radius 3 is 2.67 bits per heavy atom. The predicted molar refractivity (Wildman–Crippen MR) is 108 cm³/mol. The number of rotatable bonds is 2. The largest absolute Gasteiger partial charge is 0.504 e. The van der Waals surface area contributed by atoms with Crippen LogP contribution in [0.3, 0.4) is 0 Å². The maximum absolute atomic E-state index is 12.1. The van der Waals surface area contributed by atoms with Crippen molar-refractivity contribution in [3.8, 4) is 11.5 Å². The van der Waals surface area contributed by atoms with Crippen molar-refractivity contribution >= 4 is 6.09 Å². The van der Waals surface area contributed by atoms with Crippen molar-refractivity contribution in [2.75, 3.05) is 13.1 Å². The van der Waals surface area contributed by atoms with Gasteiger partial charge in [0.05, 0.1) is 17.1 Å². The van der Waals surface area contributed by atoms with Crippen LogP contribution in [0.5, 0.6) is 11.5 Å². The summed E-state index contributed by atoms with van der Waals surface area (Å²) in [4.78, 5) is 11.3. The van der Waals surface area contributed by atoms with Crippen LogP contribution in [0.1, 0.15) is 49.7 Å². The van der Waals surface area contributed by atoms with Crippen molar-refractivity contribution in [2.24, 2.45) is 11.7 Å². The Balaban J connectivity index is 0.000000446. The zero-order valence-corrected chi connectivity index (χ0v) is 17.0. The summed E-state index contributed by atoms with van der Waals surface area (Å²) in [5, 5.41) is 40.4. The van der Waals surface area contributed by atoms with E-state index in [4.69, 9.17) is 14.6 Å². The number of nitrogens with two attached hydrogens (primary N) is 1. The van der Waals surface area contributed by atoms with Crippen LogP contribution in [0, 0.1) is 5.92 Å². The second kappa shape index (κ2) is 6.73. The molecule has 2 saturated carbocycles. The van der Waals surface area contributed by atoms with Crippen LogP contribution in [-0.4, -0.2) is 68.4 Å². The molecule has 8 heteroatoms. The SMILES string of the molecule is NC(=O)O.Oc1ccc2c3c1O[C@H]1[C@@H](O)CC[C@@]4(O)[C@@H](C2)N(CC2CCC2)CC[C@]314. The van der Waals surface area contributed by atoms with Gasteiger partial charge in [-0.2, -0.15) is 0 Å². The Hall–Kier alpha value is -2.03. The molecule has 3 aliphatic carbocycles. The van der Waals surface area contributed by atoms with Crippen LogP contribution in [0.2, 0.25) is 0 Å². The first-order valence-electron chi connectivity index (χ1n) is 10.9. The normalized spacial score (nSPS) is 38.5. The number of carboxylic acid groups (broad SMARTS) is 1. The predicted octanol–water partition coefficient (Wildman–Crippen LogP) is 1.33. The van der Waals surface area contributed by atoms with Crippen LogP contribution in [0.25, 0.3) is 0 Å². The molecule has 0 aromatic heterocycles. The lowest BCUT2D eigenvalue weighted by atomic mass is 9.48. The molecule has 164 valence electrons. The standard InChI is InChI=1S/C21H27NO4.CH3NO2/c23-14-5-4-13-10-16-21(25)7-6-15(24)19-20(21,17(13)18(14)26-19)8-9-22(16)11-12-2-1-3-12;2-1(3)4/h4-5,12,15-16,19,23-25H,1-3,6-11H2;2H2,(H,3,4)/t15-,16+,19-,20-,21+;/m0./s1. The van der Waals surface area contributed by atoms with Crippen LogP contribution in [-0.2, 0) is 11.8 Å². The van der Waals surface area contributed by atoms with Crippen molar-refractivity contribution in [3.05, 3.63) is 23.3 Å². The summed E-state index contributed by atoms with van der Waals surface area (Å²) in [6.07, 6.45) is 4.35. The fourth-order valence-electron chi connectivity index (χ4n) is 6.83. The van der Waals surface area contributed by atoms with E-state index in [0.717, 1.165) is 37.4 Å². The molecular formula is C22H30N2O6. The van der Waals surface area contributed by atoms with E-state index >= 15 is 0 Å². The number of carbonyl (C=O) groups is 1. The number of benzene rings is 1. The molecule has 1 saturated heterocycles. The Bertz CT molecular complexity index is 869. The van der Waals surface area contributed by atoms with Crippen LogP contribution >= 0.6 is 0 Å². The molecule has 2 bridgehead atoms. The van der Waals surface area contributed by atoms with Gasteiger partial charge in [0.1, 0.15) is 6.10 Å². The van der Waals surface area contributed by atoms with Crippen molar-refractivity contribution in [1.82, 2.24) is 4.90 Å². The molecule has 0 radical (unpaired) electrons. The van der Waals surface area contributed by atoms with Crippen molar-refractivity contribution in [2.45, 2.75) is 74.2 Å². The van der Waals surface area contributed by atoms with E-state index in [0.29, 0.717) is 18.6 Å². The number of primary amides is 1. The Morgan fingerprint density at radius 1 is 1.27 bits per heavy atom. The average Bonchev–Trinajstić information content (AvgIpc) is 3.00. The van der Waals surface area contributed by atoms with Gasteiger partial charge in [-0.1, -0.05) is 12.5 Å². The molecule has 6 N–H and O–H groups in total. The van der Waals surface area contributed by atoms with E-state index in [-0.39, 0.29) is 11.8 Å². The van der Waals surface area contributed by atoms with E-state index in [9.17, 15) is 15.3 Å². The Morgan fingerprint density at radius 2 is 2.00 bits per heavy atom. The van der Waals surface area contributed by atoms with E-state index in [2.05, 4.69) is 10.6 Å². The zero-order valence-electron chi connectivity index (χ0n) is 17.0. The molecule has 1 spiro atoms. The highest BCUT2D eigenvalue weighted by Crippen LogP contribution is 2.65. The second-order valence-electron chi connectivity index (χ2n) is 9.59. The number of aromatic hydroxyl groups is 1. The second-order valence-corrected chi connectivity index (χ2v) is 9.59. The lowest BCUT2D eigenvalue weighted by Crippen LogP contribution is -2.77. The summed E-state index contributed by atoms with van der Waals surface area (Å²) in [7, 11) is 0. The summed E-state index contributed by atoms with van der Waals surface area (Å²) < 4.78 is 6.16. The monoisotopic (exact) mass is 418 g/mol. The molecule has 2 aliphatic heterocycles. The smallest absolute Gasteiger partial charge is 0.402 e. The number of hydrogen-bond donors (Lipinski definition) is 5. The highest BCUT2D eigenvalue weighted by atomic mass is 16.5. The first-order chi connectivity index (χ1) is 14.3. The number of phenolic OH excluding ortho intramolecular Hbond substituents is 1. The minimum atomic E-state index is -1.33. The summed E-state index contributed by atoms with van der Waals surface area (Å²) in [5.41, 5.74) is 4.74. The fourth-order valence-corrected chi connectivity index (χ4v) is 6.83. The molecule has 30 heavy (non-hydrogen) atoms. The maximum Gasteiger partial charge on any atom is 0.402 e. The Kier molecular flexibility index (Phi) is 4.47. The van der Waals surface area contributed by atoms with Gasteiger partial charge in [0.2, 0.25) is 0 Å². The molecule has 8 nitrogen and oxygen atoms in total. The van der Waals surface area contributed by atoms with E-state index < -0.39 is 29.3 Å². The van der Waals surface area contributed by atoms with Crippen LogP contribution < -0.4 is 10.5 Å². The summed E-state index contributed by atoms with van der Waals surface area (Å²) in [6, 6.07) is 3.80. The molecule has 1 aromatic rings. The number of phenols is 1. The van der Waals surface area contributed by atoms with Gasteiger partial charge in [-0.25, -0.2) is 4.79 Å². The lowest BCUT2D eigenvalue weighted by Gasteiger charge is -2.64. The highest BCUT2D eigenvalue weighted by Gasteiger charge is 2.72. The number of nitrogens with zero attached hydrogens (tertiary/aromatic N) is 1. The van der Waals surface area contributed by atoms with Gasteiger partial charge in [0, 0.05) is 18.2 Å². The third-order valence-electron chi connectivity index (χ3n) is 8.26. The fraction of sp³-hybridized carbons (Fsp3) is 0.682. The van der Waals surface area contributed by atoms with Crippen molar-refractivity contribution in [3.63, 3.8) is 0 Å². The Labute approximate surface area is 175 Å². The first kappa shape index (κ1) is 19.9. The van der Waals surface area contributed by atoms with Crippen molar-refractivity contribution < 1.29 is 30.0 Å². The van der Waals surface area contributed by atoms with E-state index in [1.807, 2.05) is 6.07 Å². The third kappa shape index (κ3) is 2.53. The van der Waals surface area contributed by atoms with Gasteiger partial charge < -0.3 is 30.9 Å². The summed E-state index contributed by atoms with van der Waals surface area (Å²) in [6.45, 7) is 2.02. The number of likely N-dealkylation sites (tertiary alicyclic amines) is 1. The van der Waals surface area contributed by atoms with Crippen LogP contribution in [0.15, 0.2) is 12.1 Å². The first-order valence-corrected chi connectivity index (χ1v) is 10.9. The topological polar surface area (TPSA) is 136 Å². The zero-order chi connectivity index (χ0) is 21.3. The maximum atomic E-state index is 12.1. The third-order valence-corrected chi connectivity index (χ3v) is 8.26. The van der Waals surface area contributed by atoms with Crippen molar-refractivity contribution in [1.29, 1.82) is 0 Å². The van der Waals surface area contributed by atoms with Gasteiger partial charge in [0.25, 0.3) is 0 Å². The number of amides is 1. The quantitative estimate of drug-likeness (QED) is 0.489. The van der Waals surface area contributed by atoms with Crippen LogP contribution in [0.4, 0.5) is 4.79 Å². The van der Waals surface area contributed by atoms with Gasteiger partial charge in [-0.15, -0.1) is 0 Å². The minimum Gasteiger partial charge on any atom is -0.504 e. The molecule has 0 unspecified atom stereocenters. The number of hydrogen-bond acceptors (Lipinski definition) is 6. The summed E-state index contributed by atoms with van der Waals surface area (Å²) in [5.74, 6) is 1.42. The number of aliphatic hydroxyl groups is 2. The molecular weight excluding hydrogens is 388 g/mol. The van der Waals surface area contributed by atoms with E-state index in [1.54, 1.807) is 6.07 Å². The van der Waals surface area contributed by atoms with Gasteiger partial charge in [-0.05, 0) is 62.6 Å². The summed E-state index contributed by atoms with van der Waals surface area (Å²) >= 11 is 0. The number of ether oxygens (including phenoxy) is 1. The van der Waals surface area contributed by atoms with Gasteiger partial charge >= 0.3 is 6.09 Å². The number of aliphatic hydroxyl groups excluding tert-OH is 1. The molecule has 5 atom stereocenters. The highest BCUT2D eigenvalue weighted by molar-refractivity contribution is 5.62. The van der Waals surface area contributed by atoms with Gasteiger partial charge in [-0.3, -0.25) is 4.90 Å². The molecule has 5 aliphatic rings. The van der Waals surface area contributed by atoms with Gasteiger partial charge in [0.15, 0.2) is 11.5 Å². The average molecular weight is 418 g/mol. The molecule has 6 rings (SSSR count). The molecule has 1 aromatic carbocycles. The van der Waals surface area contributed by atoms with E-state index in [1.165, 1.54) is 24.8 Å². The molecule has 1 amide bonds. The lowest BCUT2D eigenvalue weighted by molar-refractivity contribution is -0.209. The number of piperidine rings is 1. The molecule has 3 fully saturated rings.